The Bertz CT molecular complexity index is 724. The SMILES string of the molecule is O=C(CN1CCN(Cc2ccco2)CC1)Nc1cccc([N+](=O)[O-])c1. The highest BCUT2D eigenvalue weighted by Gasteiger charge is 2.20. The number of nitro groups is 1. The first-order valence-electron chi connectivity index (χ1n) is 8.11. The normalized spacial score (nSPS) is 15.8. The Morgan fingerprint density at radius 2 is 1.92 bits per heavy atom. The number of anilines is 1. The summed E-state index contributed by atoms with van der Waals surface area (Å²) in [6.45, 7) is 4.37. The van der Waals surface area contributed by atoms with Crippen LogP contribution in [0, 0.1) is 10.1 Å². The summed E-state index contributed by atoms with van der Waals surface area (Å²) in [6, 6.07) is 9.79. The Labute approximate surface area is 145 Å². The van der Waals surface area contributed by atoms with Crippen LogP contribution in [0.2, 0.25) is 0 Å². The Kier molecular flexibility index (Phi) is 5.42. The van der Waals surface area contributed by atoms with Crippen LogP contribution in [0.25, 0.3) is 0 Å². The van der Waals surface area contributed by atoms with E-state index in [1.54, 1.807) is 18.4 Å². The molecule has 1 amide bonds. The summed E-state index contributed by atoms with van der Waals surface area (Å²) < 4.78 is 5.35. The number of nitrogens with one attached hydrogen (secondary N) is 1. The van der Waals surface area contributed by atoms with Crippen molar-refractivity contribution < 1.29 is 14.1 Å². The van der Waals surface area contributed by atoms with Crippen LogP contribution in [-0.2, 0) is 11.3 Å². The molecule has 0 unspecified atom stereocenters. The predicted octanol–water partition coefficient (Wildman–Crippen LogP) is 1.94. The number of nitro benzene ring substituents is 1. The molecule has 1 aromatic heterocycles. The standard InChI is InChI=1S/C17H20N4O4/c22-17(18-14-3-1-4-15(11-14)21(23)24)13-20-8-6-19(7-9-20)12-16-5-2-10-25-16/h1-5,10-11H,6-9,12-13H2,(H,18,22). The van der Waals surface area contributed by atoms with Gasteiger partial charge in [-0.1, -0.05) is 6.07 Å². The molecule has 0 radical (unpaired) electrons. The highest BCUT2D eigenvalue weighted by molar-refractivity contribution is 5.92. The molecular weight excluding hydrogens is 324 g/mol. The molecule has 0 saturated carbocycles. The van der Waals surface area contributed by atoms with Crippen molar-refractivity contribution in [2.75, 3.05) is 38.0 Å². The van der Waals surface area contributed by atoms with Gasteiger partial charge in [-0.3, -0.25) is 24.7 Å². The van der Waals surface area contributed by atoms with Crippen LogP contribution in [0.1, 0.15) is 5.76 Å². The molecule has 3 rings (SSSR count). The largest absolute Gasteiger partial charge is 0.468 e. The molecular formula is C17H20N4O4. The van der Waals surface area contributed by atoms with Gasteiger partial charge in [0.1, 0.15) is 5.76 Å². The third-order valence-corrected chi connectivity index (χ3v) is 4.13. The van der Waals surface area contributed by atoms with Crippen molar-refractivity contribution in [2.45, 2.75) is 6.54 Å². The zero-order valence-electron chi connectivity index (χ0n) is 13.8. The van der Waals surface area contributed by atoms with E-state index < -0.39 is 4.92 Å². The van der Waals surface area contributed by atoms with Crippen LogP contribution in [0.5, 0.6) is 0 Å². The maximum Gasteiger partial charge on any atom is 0.271 e. The molecule has 2 heterocycles. The second-order valence-corrected chi connectivity index (χ2v) is 5.99. The summed E-state index contributed by atoms with van der Waals surface area (Å²) in [5.74, 6) is 0.775. The maximum atomic E-state index is 12.1. The van der Waals surface area contributed by atoms with Crippen LogP contribution >= 0.6 is 0 Å². The highest BCUT2D eigenvalue weighted by atomic mass is 16.6. The fourth-order valence-corrected chi connectivity index (χ4v) is 2.83. The van der Waals surface area contributed by atoms with Gasteiger partial charge in [0.2, 0.25) is 5.91 Å². The Hall–Kier alpha value is -2.71. The van der Waals surface area contributed by atoms with Crippen molar-refractivity contribution in [3.63, 3.8) is 0 Å². The van der Waals surface area contributed by atoms with E-state index in [9.17, 15) is 14.9 Å². The molecule has 1 N–H and O–H groups in total. The second kappa shape index (κ2) is 7.91. The van der Waals surface area contributed by atoms with E-state index in [2.05, 4.69) is 15.1 Å². The Morgan fingerprint density at radius 1 is 1.16 bits per heavy atom. The first-order chi connectivity index (χ1) is 12.1. The molecule has 1 aromatic carbocycles. The van der Waals surface area contributed by atoms with Crippen molar-refractivity contribution in [2.24, 2.45) is 0 Å². The van der Waals surface area contributed by atoms with Gasteiger partial charge in [0.15, 0.2) is 0 Å². The van der Waals surface area contributed by atoms with E-state index in [-0.39, 0.29) is 18.1 Å². The number of carbonyl (C=O) groups excluding carboxylic acids is 1. The number of nitrogens with zero attached hydrogens (tertiary/aromatic N) is 3. The van der Waals surface area contributed by atoms with Crippen LogP contribution in [-0.4, -0.2) is 53.4 Å². The quantitative estimate of drug-likeness (QED) is 0.636. The van der Waals surface area contributed by atoms with Crippen molar-refractivity contribution in [1.82, 2.24) is 9.80 Å². The molecule has 1 saturated heterocycles. The Morgan fingerprint density at radius 3 is 2.60 bits per heavy atom. The average Bonchev–Trinajstić information content (AvgIpc) is 3.10. The lowest BCUT2D eigenvalue weighted by Crippen LogP contribution is -2.48. The third kappa shape index (κ3) is 4.88. The summed E-state index contributed by atoms with van der Waals surface area (Å²) in [6.07, 6.45) is 1.67. The van der Waals surface area contributed by atoms with Gasteiger partial charge in [0.05, 0.1) is 24.3 Å². The molecule has 1 aliphatic rings. The van der Waals surface area contributed by atoms with Crippen molar-refractivity contribution in [3.05, 3.63) is 58.5 Å². The molecule has 8 heteroatoms. The number of carbonyl (C=O) groups is 1. The zero-order chi connectivity index (χ0) is 17.6. The van der Waals surface area contributed by atoms with Gasteiger partial charge in [-0.05, 0) is 18.2 Å². The molecule has 1 fully saturated rings. The minimum absolute atomic E-state index is 0.0376. The minimum atomic E-state index is -0.478. The van der Waals surface area contributed by atoms with Crippen LogP contribution < -0.4 is 5.32 Å². The predicted molar refractivity (Wildman–Crippen MR) is 92.2 cm³/mol. The van der Waals surface area contributed by atoms with Crippen molar-refractivity contribution >= 4 is 17.3 Å². The van der Waals surface area contributed by atoms with Crippen LogP contribution in [0.3, 0.4) is 0 Å². The van der Waals surface area contributed by atoms with E-state index in [4.69, 9.17) is 4.42 Å². The van der Waals surface area contributed by atoms with Gasteiger partial charge in [0, 0.05) is 44.0 Å². The van der Waals surface area contributed by atoms with E-state index >= 15 is 0 Å². The van der Waals surface area contributed by atoms with Gasteiger partial charge in [0.25, 0.3) is 5.69 Å². The number of hydrogen-bond acceptors (Lipinski definition) is 6. The van der Waals surface area contributed by atoms with Gasteiger partial charge in [-0.25, -0.2) is 0 Å². The lowest BCUT2D eigenvalue weighted by atomic mass is 10.2. The minimum Gasteiger partial charge on any atom is -0.468 e. The number of benzene rings is 1. The van der Waals surface area contributed by atoms with Crippen molar-refractivity contribution in [1.29, 1.82) is 0 Å². The van der Waals surface area contributed by atoms with Gasteiger partial charge >= 0.3 is 0 Å². The van der Waals surface area contributed by atoms with E-state index in [0.29, 0.717) is 5.69 Å². The topological polar surface area (TPSA) is 91.9 Å². The number of piperazine rings is 1. The van der Waals surface area contributed by atoms with Gasteiger partial charge in [-0.15, -0.1) is 0 Å². The van der Waals surface area contributed by atoms with Crippen LogP contribution in [0.15, 0.2) is 47.1 Å². The summed E-state index contributed by atoms with van der Waals surface area (Å²) in [7, 11) is 0. The number of rotatable bonds is 6. The molecule has 25 heavy (non-hydrogen) atoms. The number of non-ortho nitro benzene ring substituents is 1. The first-order valence-corrected chi connectivity index (χ1v) is 8.11. The highest BCUT2D eigenvalue weighted by Crippen LogP contribution is 2.17. The molecule has 0 spiro atoms. The molecule has 132 valence electrons. The first kappa shape index (κ1) is 17.1. The third-order valence-electron chi connectivity index (χ3n) is 4.13. The average molecular weight is 344 g/mol. The molecule has 1 aliphatic heterocycles. The second-order valence-electron chi connectivity index (χ2n) is 5.99. The molecule has 0 bridgehead atoms. The molecule has 8 nitrogen and oxygen atoms in total. The number of hydrogen-bond donors (Lipinski definition) is 1. The van der Waals surface area contributed by atoms with E-state index in [1.165, 1.54) is 12.1 Å². The summed E-state index contributed by atoms with van der Waals surface area (Å²) in [4.78, 5) is 26.8. The smallest absolute Gasteiger partial charge is 0.271 e. The fourth-order valence-electron chi connectivity index (χ4n) is 2.83. The lowest BCUT2D eigenvalue weighted by Gasteiger charge is -2.33. The van der Waals surface area contributed by atoms with Gasteiger partial charge in [-0.2, -0.15) is 0 Å². The monoisotopic (exact) mass is 344 g/mol. The summed E-state index contributed by atoms with van der Waals surface area (Å²) >= 11 is 0. The van der Waals surface area contributed by atoms with E-state index in [0.717, 1.165) is 38.5 Å². The zero-order valence-corrected chi connectivity index (χ0v) is 13.8. The number of amides is 1. The maximum absolute atomic E-state index is 12.1. The van der Waals surface area contributed by atoms with Gasteiger partial charge < -0.3 is 9.73 Å². The lowest BCUT2D eigenvalue weighted by molar-refractivity contribution is -0.384. The van der Waals surface area contributed by atoms with Crippen LogP contribution in [0.4, 0.5) is 11.4 Å². The fraction of sp³-hybridized carbons (Fsp3) is 0.353. The summed E-state index contributed by atoms with van der Waals surface area (Å²) in [5.41, 5.74) is 0.403. The summed E-state index contributed by atoms with van der Waals surface area (Å²) in [5, 5.41) is 13.5. The Balaban J connectivity index is 1.44. The number of furan rings is 1. The molecule has 0 atom stereocenters. The van der Waals surface area contributed by atoms with E-state index in [1.807, 2.05) is 12.1 Å². The molecule has 0 aliphatic carbocycles. The van der Waals surface area contributed by atoms with Crippen molar-refractivity contribution in [3.8, 4) is 0 Å². The molecule has 2 aromatic rings.